The molecule has 2 amide bonds. The molecule has 1 fully saturated rings. The molecule has 3 aromatic rings. The Morgan fingerprint density at radius 1 is 0.977 bits per heavy atom. The topological polar surface area (TPSA) is 96.0 Å². The van der Waals surface area contributed by atoms with Crippen LogP contribution in [0.5, 0.6) is 5.75 Å². The molecular formula is C33H40FN3O5S. The Bertz CT molecular complexity index is 1490. The number of carbonyl (C=O) groups is 2. The lowest BCUT2D eigenvalue weighted by Gasteiger charge is -2.34. The van der Waals surface area contributed by atoms with E-state index in [4.69, 9.17) is 4.74 Å². The highest BCUT2D eigenvalue weighted by Crippen LogP contribution is 2.33. The minimum Gasteiger partial charge on any atom is -0.495 e. The van der Waals surface area contributed by atoms with E-state index >= 15 is 0 Å². The number of hydrogen-bond donors (Lipinski definition) is 1. The van der Waals surface area contributed by atoms with Gasteiger partial charge in [0.2, 0.25) is 11.8 Å². The Morgan fingerprint density at radius 2 is 1.63 bits per heavy atom. The Morgan fingerprint density at radius 3 is 2.26 bits per heavy atom. The molecule has 1 atom stereocenters. The third-order valence-corrected chi connectivity index (χ3v) is 9.62. The molecule has 1 N–H and O–H groups in total. The Hall–Kier alpha value is -3.92. The number of rotatable bonds is 12. The van der Waals surface area contributed by atoms with Crippen molar-refractivity contribution in [3.05, 3.63) is 89.7 Å². The van der Waals surface area contributed by atoms with Crippen LogP contribution in [0, 0.1) is 12.7 Å². The van der Waals surface area contributed by atoms with E-state index in [0.29, 0.717) is 12.0 Å². The number of hydrogen-bond acceptors (Lipinski definition) is 5. The van der Waals surface area contributed by atoms with Crippen LogP contribution in [0.4, 0.5) is 10.1 Å². The lowest BCUT2D eigenvalue weighted by molar-refractivity contribution is -0.140. The van der Waals surface area contributed by atoms with Crippen LogP contribution in [-0.4, -0.2) is 50.9 Å². The van der Waals surface area contributed by atoms with Crippen molar-refractivity contribution in [3.63, 3.8) is 0 Å². The number of para-hydroxylation sites is 2. The first-order valence-corrected chi connectivity index (χ1v) is 16.1. The highest BCUT2D eigenvalue weighted by Gasteiger charge is 2.35. The molecule has 0 radical (unpaired) electrons. The monoisotopic (exact) mass is 609 g/mol. The molecule has 8 nitrogen and oxygen atoms in total. The van der Waals surface area contributed by atoms with E-state index in [9.17, 15) is 22.4 Å². The molecule has 0 heterocycles. The van der Waals surface area contributed by atoms with E-state index in [1.165, 1.54) is 36.3 Å². The number of benzene rings is 3. The number of nitrogens with zero attached hydrogens (tertiary/aromatic N) is 2. The van der Waals surface area contributed by atoms with E-state index in [1.54, 1.807) is 48.5 Å². The van der Waals surface area contributed by atoms with Gasteiger partial charge in [0.15, 0.2) is 0 Å². The van der Waals surface area contributed by atoms with Crippen LogP contribution in [0.1, 0.15) is 56.6 Å². The summed E-state index contributed by atoms with van der Waals surface area (Å²) in [6.45, 7) is 3.09. The predicted molar refractivity (Wildman–Crippen MR) is 165 cm³/mol. The molecule has 230 valence electrons. The van der Waals surface area contributed by atoms with Crippen molar-refractivity contribution in [2.75, 3.05) is 18.0 Å². The normalized spacial score (nSPS) is 14.5. The molecule has 3 aromatic carbocycles. The van der Waals surface area contributed by atoms with Crippen LogP contribution < -0.4 is 14.4 Å². The van der Waals surface area contributed by atoms with Crippen molar-refractivity contribution in [2.45, 2.75) is 75.9 Å². The molecule has 0 spiro atoms. The maximum Gasteiger partial charge on any atom is 0.264 e. The van der Waals surface area contributed by atoms with Crippen LogP contribution in [0.2, 0.25) is 0 Å². The number of carbonyl (C=O) groups excluding carboxylic acids is 2. The van der Waals surface area contributed by atoms with Gasteiger partial charge in [-0.3, -0.25) is 13.9 Å². The van der Waals surface area contributed by atoms with Crippen LogP contribution in [0.3, 0.4) is 0 Å². The molecule has 0 bridgehead atoms. The van der Waals surface area contributed by atoms with Gasteiger partial charge in [-0.1, -0.05) is 68.1 Å². The zero-order valence-corrected chi connectivity index (χ0v) is 25.8. The molecular weight excluding hydrogens is 569 g/mol. The van der Waals surface area contributed by atoms with E-state index in [0.717, 1.165) is 42.0 Å². The Labute approximate surface area is 253 Å². The minimum atomic E-state index is -4.23. The summed E-state index contributed by atoms with van der Waals surface area (Å²) in [5, 5.41) is 3.12. The van der Waals surface area contributed by atoms with Gasteiger partial charge in [-0.25, -0.2) is 12.8 Å². The number of aryl methyl sites for hydroxylation is 1. The van der Waals surface area contributed by atoms with Crippen molar-refractivity contribution in [1.29, 1.82) is 0 Å². The van der Waals surface area contributed by atoms with Gasteiger partial charge in [-0.15, -0.1) is 0 Å². The summed E-state index contributed by atoms with van der Waals surface area (Å²) < 4.78 is 48.4. The molecule has 1 saturated carbocycles. The lowest BCUT2D eigenvalue weighted by Crippen LogP contribution is -2.54. The zero-order valence-electron chi connectivity index (χ0n) is 25.0. The number of ether oxygens (including phenoxy) is 1. The van der Waals surface area contributed by atoms with Gasteiger partial charge in [0.05, 0.1) is 17.7 Å². The van der Waals surface area contributed by atoms with Crippen LogP contribution in [-0.2, 0) is 26.2 Å². The summed E-state index contributed by atoms with van der Waals surface area (Å²) in [7, 11) is -2.80. The first kappa shape index (κ1) is 32.0. The van der Waals surface area contributed by atoms with E-state index in [2.05, 4.69) is 5.32 Å². The third-order valence-electron chi connectivity index (χ3n) is 7.85. The van der Waals surface area contributed by atoms with Crippen molar-refractivity contribution >= 4 is 27.5 Å². The molecule has 1 aliphatic carbocycles. The molecule has 4 rings (SSSR count). The van der Waals surface area contributed by atoms with Crippen molar-refractivity contribution < 1.29 is 27.1 Å². The quantitative estimate of drug-likeness (QED) is 0.289. The summed E-state index contributed by atoms with van der Waals surface area (Å²) in [5.74, 6) is -1.000. The van der Waals surface area contributed by atoms with E-state index < -0.39 is 34.3 Å². The largest absolute Gasteiger partial charge is 0.495 e. The molecule has 0 aromatic heterocycles. The fourth-order valence-electron chi connectivity index (χ4n) is 5.44. The zero-order chi connectivity index (χ0) is 31.0. The maximum absolute atomic E-state index is 14.3. The fourth-order valence-corrected chi connectivity index (χ4v) is 6.86. The van der Waals surface area contributed by atoms with Crippen molar-refractivity contribution in [2.24, 2.45) is 0 Å². The molecule has 1 aliphatic rings. The number of anilines is 1. The van der Waals surface area contributed by atoms with Gasteiger partial charge in [0, 0.05) is 12.6 Å². The first-order chi connectivity index (χ1) is 20.6. The van der Waals surface area contributed by atoms with Crippen molar-refractivity contribution in [3.8, 4) is 5.75 Å². The summed E-state index contributed by atoms with van der Waals surface area (Å²) in [6.07, 6.45) is 5.27. The number of sulfonamides is 1. The van der Waals surface area contributed by atoms with Gasteiger partial charge in [-0.2, -0.15) is 0 Å². The van der Waals surface area contributed by atoms with Gasteiger partial charge in [0.1, 0.15) is 24.2 Å². The average molecular weight is 610 g/mol. The second kappa shape index (κ2) is 14.5. The Balaban J connectivity index is 1.73. The fraction of sp³-hybridized carbons (Fsp3) is 0.394. The van der Waals surface area contributed by atoms with Gasteiger partial charge >= 0.3 is 0 Å². The van der Waals surface area contributed by atoms with Gasteiger partial charge in [0.25, 0.3) is 10.0 Å². The third kappa shape index (κ3) is 7.93. The van der Waals surface area contributed by atoms with Gasteiger partial charge < -0.3 is 15.0 Å². The predicted octanol–water partition coefficient (Wildman–Crippen LogP) is 5.59. The first-order valence-electron chi connectivity index (χ1n) is 14.7. The smallest absolute Gasteiger partial charge is 0.264 e. The minimum absolute atomic E-state index is 0.0000502. The standard InChI is InChI=1S/C33H40FN3O5S/c1-4-29(33(39)35-27-10-6-5-7-11-27)36(22-25-16-18-26(34)19-17-25)32(38)23-37(30-12-8-9-13-31(30)42-3)43(40,41)28-20-14-24(2)15-21-28/h8-9,12-21,27,29H,4-7,10-11,22-23H2,1-3H3,(H,35,39). The summed E-state index contributed by atoms with van der Waals surface area (Å²) in [5.41, 5.74) is 1.70. The molecule has 1 unspecified atom stereocenters. The molecule has 0 saturated heterocycles. The van der Waals surface area contributed by atoms with E-state index in [-0.39, 0.29) is 34.8 Å². The SMILES string of the molecule is CCC(C(=O)NC1CCCCC1)N(Cc1ccc(F)cc1)C(=O)CN(c1ccccc1OC)S(=O)(=O)c1ccc(C)cc1. The van der Waals surface area contributed by atoms with Crippen molar-refractivity contribution in [1.82, 2.24) is 10.2 Å². The molecule has 10 heteroatoms. The second-order valence-electron chi connectivity index (χ2n) is 10.9. The van der Waals surface area contributed by atoms with Gasteiger partial charge in [-0.05, 0) is 68.1 Å². The average Bonchev–Trinajstić information content (AvgIpc) is 3.01. The summed E-state index contributed by atoms with van der Waals surface area (Å²) in [4.78, 5) is 29.3. The van der Waals surface area contributed by atoms with Crippen LogP contribution >= 0.6 is 0 Å². The summed E-state index contributed by atoms with van der Waals surface area (Å²) in [6, 6.07) is 17.9. The number of halogens is 1. The number of amides is 2. The van der Waals surface area contributed by atoms with Crippen LogP contribution in [0.15, 0.2) is 77.7 Å². The number of methoxy groups -OCH3 is 1. The second-order valence-corrected chi connectivity index (χ2v) is 12.8. The maximum atomic E-state index is 14.3. The highest BCUT2D eigenvalue weighted by molar-refractivity contribution is 7.92. The number of nitrogens with one attached hydrogen (secondary N) is 1. The van der Waals surface area contributed by atoms with E-state index in [1.807, 2.05) is 13.8 Å². The lowest BCUT2D eigenvalue weighted by atomic mass is 9.95. The molecule has 0 aliphatic heterocycles. The highest BCUT2D eigenvalue weighted by atomic mass is 32.2. The molecule has 43 heavy (non-hydrogen) atoms. The van der Waals surface area contributed by atoms with Crippen LogP contribution in [0.25, 0.3) is 0 Å². The Kier molecular flexibility index (Phi) is 10.8. The summed E-state index contributed by atoms with van der Waals surface area (Å²) >= 11 is 0.